The highest BCUT2D eigenvalue weighted by Gasteiger charge is 2.13. The molecule has 0 aromatic heterocycles. The first kappa shape index (κ1) is 16.0. The molecule has 5 nitrogen and oxygen atoms in total. The second kappa shape index (κ2) is 7.04. The number of hydrogen-bond donors (Lipinski definition) is 2. The zero-order valence-electron chi connectivity index (χ0n) is 12.6. The molecule has 6 heteroatoms. The molecule has 22 heavy (non-hydrogen) atoms. The molecule has 0 fully saturated rings. The van der Waals surface area contributed by atoms with Crippen molar-refractivity contribution in [3.8, 4) is 11.5 Å². The summed E-state index contributed by atoms with van der Waals surface area (Å²) in [6, 6.07) is 10.1. The Morgan fingerprint density at radius 1 is 1.05 bits per heavy atom. The minimum atomic E-state index is -0.395. The van der Waals surface area contributed by atoms with Gasteiger partial charge in [0.05, 0.1) is 14.2 Å². The SMILES string of the molecule is COc1cccc(OC)c1NC(=O)Nc1ccc(Cl)cc1C. The normalized spacial score (nSPS) is 10.0. The van der Waals surface area contributed by atoms with Crippen molar-refractivity contribution in [1.82, 2.24) is 0 Å². The molecular weight excluding hydrogens is 304 g/mol. The van der Waals surface area contributed by atoms with Crippen LogP contribution in [-0.4, -0.2) is 20.3 Å². The zero-order valence-corrected chi connectivity index (χ0v) is 13.3. The molecular formula is C16H17ClN2O3. The number of halogens is 1. The van der Waals surface area contributed by atoms with Crippen LogP contribution in [0.25, 0.3) is 0 Å². The maximum absolute atomic E-state index is 12.2. The van der Waals surface area contributed by atoms with Gasteiger partial charge in [-0.2, -0.15) is 0 Å². The monoisotopic (exact) mass is 320 g/mol. The Labute approximate surface area is 134 Å². The molecule has 0 saturated carbocycles. The van der Waals surface area contributed by atoms with Gasteiger partial charge < -0.3 is 20.1 Å². The maximum Gasteiger partial charge on any atom is 0.323 e. The van der Waals surface area contributed by atoms with Crippen LogP contribution in [0.3, 0.4) is 0 Å². The molecule has 0 aliphatic rings. The number of rotatable bonds is 4. The van der Waals surface area contributed by atoms with E-state index in [4.69, 9.17) is 21.1 Å². The number of ether oxygens (including phenoxy) is 2. The quantitative estimate of drug-likeness (QED) is 0.882. The van der Waals surface area contributed by atoms with E-state index < -0.39 is 6.03 Å². The highest BCUT2D eigenvalue weighted by Crippen LogP contribution is 2.34. The molecule has 0 unspecified atom stereocenters. The van der Waals surface area contributed by atoms with Crippen LogP contribution in [0, 0.1) is 6.92 Å². The Bertz CT molecular complexity index is 667. The van der Waals surface area contributed by atoms with E-state index in [2.05, 4.69) is 10.6 Å². The highest BCUT2D eigenvalue weighted by atomic mass is 35.5. The van der Waals surface area contributed by atoms with Gasteiger partial charge in [0.15, 0.2) is 0 Å². The van der Waals surface area contributed by atoms with Crippen molar-refractivity contribution < 1.29 is 14.3 Å². The van der Waals surface area contributed by atoms with Crippen LogP contribution in [0.5, 0.6) is 11.5 Å². The number of nitrogens with one attached hydrogen (secondary N) is 2. The summed E-state index contributed by atoms with van der Waals surface area (Å²) in [4.78, 5) is 12.2. The first-order valence-electron chi connectivity index (χ1n) is 6.60. The lowest BCUT2D eigenvalue weighted by molar-refractivity contribution is 0.262. The third-order valence-corrected chi connectivity index (χ3v) is 3.34. The summed E-state index contributed by atoms with van der Waals surface area (Å²) in [6.07, 6.45) is 0. The molecule has 0 saturated heterocycles. The van der Waals surface area contributed by atoms with Crippen molar-refractivity contribution in [3.63, 3.8) is 0 Å². The summed E-state index contributed by atoms with van der Waals surface area (Å²) in [5.74, 6) is 1.03. The molecule has 0 spiro atoms. The Morgan fingerprint density at radius 2 is 1.68 bits per heavy atom. The van der Waals surface area contributed by atoms with Gasteiger partial charge in [-0.25, -0.2) is 4.79 Å². The minimum Gasteiger partial charge on any atom is -0.494 e. The fourth-order valence-electron chi connectivity index (χ4n) is 2.01. The zero-order chi connectivity index (χ0) is 16.1. The molecule has 0 bridgehead atoms. The van der Waals surface area contributed by atoms with Gasteiger partial charge in [-0.05, 0) is 42.8 Å². The van der Waals surface area contributed by atoms with Crippen molar-refractivity contribution >= 4 is 29.0 Å². The average molecular weight is 321 g/mol. The number of amides is 2. The van der Waals surface area contributed by atoms with Crippen LogP contribution < -0.4 is 20.1 Å². The largest absolute Gasteiger partial charge is 0.494 e. The van der Waals surface area contributed by atoms with Crippen molar-refractivity contribution in [2.24, 2.45) is 0 Å². The Kier molecular flexibility index (Phi) is 5.12. The third kappa shape index (κ3) is 3.62. The van der Waals surface area contributed by atoms with E-state index in [1.54, 1.807) is 36.4 Å². The number of para-hydroxylation sites is 1. The maximum atomic E-state index is 12.2. The number of aryl methyl sites for hydroxylation is 1. The van der Waals surface area contributed by atoms with Gasteiger partial charge in [0, 0.05) is 10.7 Å². The van der Waals surface area contributed by atoms with E-state index >= 15 is 0 Å². The summed E-state index contributed by atoms with van der Waals surface area (Å²) in [5, 5.41) is 6.13. The van der Waals surface area contributed by atoms with Crippen LogP contribution >= 0.6 is 11.6 Å². The van der Waals surface area contributed by atoms with Crippen molar-refractivity contribution in [2.75, 3.05) is 24.9 Å². The molecule has 0 aliphatic heterocycles. The fraction of sp³-hybridized carbons (Fsp3) is 0.188. The Morgan fingerprint density at radius 3 is 2.23 bits per heavy atom. The van der Waals surface area contributed by atoms with Crippen LogP contribution in [0.2, 0.25) is 5.02 Å². The molecule has 0 atom stereocenters. The van der Waals surface area contributed by atoms with Gasteiger partial charge in [0.25, 0.3) is 0 Å². The first-order valence-corrected chi connectivity index (χ1v) is 6.98. The van der Waals surface area contributed by atoms with Crippen molar-refractivity contribution in [2.45, 2.75) is 6.92 Å². The van der Waals surface area contributed by atoms with Gasteiger partial charge in [0.1, 0.15) is 17.2 Å². The lowest BCUT2D eigenvalue weighted by Gasteiger charge is -2.15. The van der Waals surface area contributed by atoms with E-state index in [1.807, 2.05) is 6.92 Å². The molecule has 2 aromatic carbocycles. The number of carbonyl (C=O) groups excluding carboxylic acids is 1. The topological polar surface area (TPSA) is 59.6 Å². The second-order valence-corrected chi connectivity index (χ2v) is 5.01. The second-order valence-electron chi connectivity index (χ2n) is 4.58. The van der Waals surface area contributed by atoms with E-state index in [0.717, 1.165) is 5.56 Å². The van der Waals surface area contributed by atoms with Crippen molar-refractivity contribution in [3.05, 3.63) is 47.0 Å². The van der Waals surface area contributed by atoms with Gasteiger partial charge in [-0.15, -0.1) is 0 Å². The van der Waals surface area contributed by atoms with Crippen LogP contribution in [0.4, 0.5) is 16.2 Å². The molecule has 116 valence electrons. The molecule has 2 aromatic rings. The minimum absolute atomic E-state index is 0.395. The number of methoxy groups -OCH3 is 2. The summed E-state index contributed by atoms with van der Waals surface area (Å²) in [6.45, 7) is 1.87. The smallest absolute Gasteiger partial charge is 0.323 e. The van der Waals surface area contributed by atoms with Gasteiger partial charge in [-0.1, -0.05) is 17.7 Å². The third-order valence-electron chi connectivity index (χ3n) is 3.10. The van der Waals surface area contributed by atoms with E-state index in [1.165, 1.54) is 14.2 Å². The molecule has 2 rings (SSSR count). The first-order chi connectivity index (χ1) is 10.5. The molecule has 2 N–H and O–H groups in total. The van der Waals surface area contributed by atoms with Crippen molar-refractivity contribution in [1.29, 1.82) is 0 Å². The average Bonchev–Trinajstić information content (AvgIpc) is 2.50. The molecule has 0 aliphatic carbocycles. The van der Waals surface area contributed by atoms with Gasteiger partial charge in [-0.3, -0.25) is 0 Å². The molecule has 0 radical (unpaired) electrons. The van der Waals surface area contributed by atoms with Gasteiger partial charge >= 0.3 is 6.03 Å². The summed E-state index contributed by atoms with van der Waals surface area (Å²) < 4.78 is 10.5. The number of carbonyl (C=O) groups is 1. The van der Waals surface area contributed by atoms with E-state index in [-0.39, 0.29) is 0 Å². The Balaban J connectivity index is 2.19. The van der Waals surface area contributed by atoms with E-state index in [0.29, 0.717) is 27.9 Å². The number of benzene rings is 2. The molecule has 2 amide bonds. The van der Waals surface area contributed by atoms with E-state index in [9.17, 15) is 4.79 Å². The number of urea groups is 1. The fourth-order valence-corrected chi connectivity index (χ4v) is 2.24. The summed E-state index contributed by atoms with van der Waals surface area (Å²) >= 11 is 5.90. The summed E-state index contributed by atoms with van der Waals surface area (Å²) in [5.41, 5.74) is 2.02. The van der Waals surface area contributed by atoms with Crippen LogP contribution in [0.1, 0.15) is 5.56 Å². The lowest BCUT2D eigenvalue weighted by atomic mass is 10.2. The molecule has 0 heterocycles. The Hall–Kier alpha value is -2.40. The van der Waals surface area contributed by atoms with Crippen LogP contribution in [0.15, 0.2) is 36.4 Å². The standard InChI is InChI=1S/C16H17ClN2O3/c1-10-9-11(17)7-8-12(10)18-16(20)19-15-13(21-2)5-4-6-14(15)22-3/h4-9H,1-3H3,(H2,18,19,20). The lowest BCUT2D eigenvalue weighted by Crippen LogP contribution is -2.20. The highest BCUT2D eigenvalue weighted by molar-refractivity contribution is 6.30. The predicted octanol–water partition coefficient (Wildman–Crippen LogP) is 4.31. The number of hydrogen-bond acceptors (Lipinski definition) is 3. The summed E-state index contributed by atoms with van der Waals surface area (Å²) in [7, 11) is 3.06. The van der Waals surface area contributed by atoms with Crippen LogP contribution in [-0.2, 0) is 0 Å². The number of anilines is 2. The predicted molar refractivity (Wildman–Crippen MR) is 88.4 cm³/mol. The van der Waals surface area contributed by atoms with Gasteiger partial charge in [0.2, 0.25) is 0 Å².